The Kier molecular flexibility index (Phi) is 8.04. The molecule has 0 unspecified atom stereocenters. The Morgan fingerprint density at radius 3 is 2.26 bits per heavy atom. The van der Waals surface area contributed by atoms with Crippen molar-refractivity contribution in [1.82, 2.24) is 0 Å². The molecule has 1 aromatic rings. The summed E-state index contributed by atoms with van der Waals surface area (Å²) in [5.41, 5.74) is -0.830. The summed E-state index contributed by atoms with van der Waals surface area (Å²) in [4.78, 5) is 0. The zero-order chi connectivity index (χ0) is 13.8. The first-order valence-electron chi connectivity index (χ1n) is 5.18. The van der Waals surface area contributed by atoms with Crippen LogP contribution in [0.3, 0.4) is 0 Å². The molecule has 0 bridgehead atoms. The van der Waals surface area contributed by atoms with Gasteiger partial charge in [-0.3, -0.25) is 0 Å². The van der Waals surface area contributed by atoms with Gasteiger partial charge in [0.25, 0.3) is 0 Å². The fourth-order valence-electron chi connectivity index (χ4n) is 1.27. The average Bonchev–Trinajstić information content (AvgIpc) is 2.22. The molecule has 102 valence electrons. The minimum absolute atomic E-state index is 0. The number of rotatable bonds is 5. The topological polar surface area (TPSA) is 9.23 Å². The van der Waals surface area contributed by atoms with E-state index in [0.29, 0.717) is 0 Å². The van der Waals surface area contributed by atoms with Crippen molar-refractivity contribution in [2.45, 2.75) is 19.0 Å². The van der Waals surface area contributed by atoms with Crippen LogP contribution in [0.4, 0.5) is 26.1 Å². The second kappa shape index (κ2) is 7.92. The smallest absolute Gasteiger partial charge is 0.494 e. The van der Waals surface area contributed by atoms with Crippen LogP contribution in [0.15, 0.2) is 24.3 Å². The maximum absolute atomic E-state index is 12.4. The monoisotopic (exact) mass is 310 g/mol. The fourth-order valence-corrected chi connectivity index (χ4v) is 1.27. The van der Waals surface area contributed by atoms with Gasteiger partial charge in [0.15, 0.2) is 0 Å². The van der Waals surface area contributed by atoms with Gasteiger partial charge in [0.05, 0.1) is 6.61 Å². The third-order valence-corrected chi connectivity index (χ3v) is 2.11. The van der Waals surface area contributed by atoms with E-state index in [1.807, 2.05) is 0 Å². The number of benzene rings is 1. The minimum atomic E-state index is -5.13. The molecule has 9 heteroatoms. The fraction of sp³-hybridized carbons (Fsp3) is 0.400. The number of alkyl halides is 3. The van der Waals surface area contributed by atoms with Crippen molar-refractivity contribution in [3.63, 3.8) is 0 Å². The molecule has 1 aromatic carbocycles. The second-order valence-corrected chi connectivity index (χ2v) is 3.71. The maximum atomic E-state index is 12.4. The van der Waals surface area contributed by atoms with Crippen LogP contribution in [0.2, 0.25) is 0 Å². The molecule has 0 fully saturated rings. The summed E-state index contributed by atoms with van der Waals surface area (Å²) >= 11 is 0. The number of halogens is 6. The van der Waals surface area contributed by atoms with E-state index in [4.69, 9.17) is 4.74 Å². The Hall–Kier alpha value is 0.301. The Morgan fingerprint density at radius 1 is 1.11 bits per heavy atom. The van der Waals surface area contributed by atoms with Crippen LogP contribution in [0.25, 0.3) is 0 Å². The largest absolute Gasteiger partial charge is 1.00 e. The van der Waals surface area contributed by atoms with E-state index in [-0.39, 0.29) is 70.2 Å². The van der Waals surface area contributed by atoms with Gasteiger partial charge < -0.3 is 17.7 Å². The van der Waals surface area contributed by atoms with Crippen LogP contribution in [0, 0.1) is 0 Å². The Balaban J connectivity index is 0.00000324. The van der Waals surface area contributed by atoms with Crippen molar-refractivity contribution in [1.29, 1.82) is 0 Å². The van der Waals surface area contributed by atoms with Gasteiger partial charge in [-0.25, -0.2) is 0 Å². The van der Waals surface area contributed by atoms with E-state index in [2.05, 4.69) is 0 Å². The normalized spacial score (nSPS) is 11.9. The molecule has 1 rings (SSSR count). The number of hydrogen-bond donors (Lipinski definition) is 0. The number of hydrogen-bond acceptors (Lipinski definition) is 1. The van der Waals surface area contributed by atoms with E-state index >= 15 is 0 Å². The standard InChI is InChI=1S/C10H10BF6O.K/c12-10(13,14)5-2-6-18-9-4-1-3-8(7-9)11(15,16)17;/h1,3-4,7H,2,5-6H2;/q-1;+1. The second-order valence-electron chi connectivity index (χ2n) is 3.71. The van der Waals surface area contributed by atoms with Crippen molar-refractivity contribution in [3.8, 4) is 5.75 Å². The summed E-state index contributed by atoms with van der Waals surface area (Å²) in [5, 5.41) is 0. The van der Waals surface area contributed by atoms with Gasteiger partial charge in [0, 0.05) is 6.42 Å². The van der Waals surface area contributed by atoms with Crippen molar-refractivity contribution in [2.75, 3.05) is 6.61 Å². The van der Waals surface area contributed by atoms with Gasteiger partial charge in [-0.05, 0) is 18.6 Å². The molecule has 0 atom stereocenters. The van der Waals surface area contributed by atoms with Gasteiger partial charge in [0.2, 0.25) is 0 Å². The molecule has 0 saturated heterocycles. The Labute approximate surface area is 149 Å². The average molecular weight is 310 g/mol. The van der Waals surface area contributed by atoms with E-state index in [1.54, 1.807) is 0 Å². The summed E-state index contributed by atoms with van der Waals surface area (Å²) in [5.74, 6) is -0.0751. The van der Waals surface area contributed by atoms with Crippen LogP contribution in [-0.2, 0) is 0 Å². The van der Waals surface area contributed by atoms with E-state index in [0.717, 1.165) is 18.2 Å². The Bertz CT molecular complexity index is 392. The van der Waals surface area contributed by atoms with E-state index in [9.17, 15) is 26.1 Å². The maximum Gasteiger partial charge on any atom is 1.00 e. The summed E-state index contributed by atoms with van der Waals surface area (Å²) in [6, 6.07) is 4.11. The molecule has 0 N–H and O–H groups in total. The molecule has 1 nitrogen and oxygen atoms in total. The van der Waals surface area contributed by atoms with Crippen LogP contribution >= 0.6 is 0 Å². The van der Waals surface area contributed by atoms with Gasteiger partial charge in [-0.1, -0.05) is 12.1 Å². The molecule has 0 heterocycles. The summed E-state index contributed by atoms with van der Waals surface area (Å²) in [6.45, 7) is -5.40. The van der Waals surface area contributed by atoms with Crippen molar-refractivity contribution < 1.29 is 82.2 Å². The molecule has 0 aliphatic rings. The van der Waals surface area contributed by atoms with Crippen LogP contribution in [0.5, 0.6) is 5.75 Å². The third kappa shape index (κ3) is 8.24. The first-order chi connectivity index (χ1) is 8.18. The molecular weight excluding hydrogens is 300 g/mol. The van der Waals surface area contributed by atoms with Crippen LogP contribution in [0.1, 0.15) is 12.8 Å². The molecule has 0 radical (unpaired) electrons. The quantitative estimate of drug-likeness (QED) is 0.436. The number of ether oxygens (including phenoxy) is 1. The van der Waals surface area contributed by atoms with E-state index < -0.39 is 25.0 Å². The van der Waals surface area contributed by atoms with Gasteiger partial charge in [0.1, 0.15) is 5.75 Å². The first kappa shape index (κ1) is 19.3. The summed E-state index contributed by atoms with van der Waals surface area (Å²) < 4.78 is 77.4. The van der Waals surface area contributed by atoms with Gasteiger partial charge in [-0.15, -0.1) is 5.46 Å². The molecule has 0 aliphatic carbocycles. The molecule has 0 saturated carbocycles. The summed E-state index contributed by atoms with van der Waals surface area (Å²) in [6.07, 6.45) is -5.58. The van der Waals surface area contributed by atoms with Crippen molar-refractivity contribution >= 4 is 12.4 Å². The SMILES string of the molecule is F[B-](F)(F)c1cccc(OCCCC(F)(F)F)c1.[K+]. The first-order valence-corrected chi connectivity index (χ1v) is 5.18. The molecular formula is C10H10BF6KO. The van der Waals surface area contributed by atoms with Crippen molar-refractivity contribution in [2.24, 2.45) is 0 Å². The van der Waals surface area contributed by atoms with E-state index in [1.165, 1.54) is 6.07 Å². The molecule has 19 heavy (non-hydrogen) atoms. The van der Waals surface area contributed by atoms with Gasteiger partial charge in [-0.2, -0.15) is 13.2 Å². The predicted octanol–water partition coefficient (Wildman–Crippen LogP) is 0.466. The van der Waals surface area contributed by atoms with Crippen LogP contribution < -0.4 is 61.6 Å². The summed E-state index contributed by atoms with van der Waals surface area (Å²) in [7, 11) is 0. The minimum Gasteiger partial charge on any atom is -0.494 e. The van der Waals surface area contributed by atoms with Gasteiger partial charge >= 0.3 is 64.5 Å². The Morgan fingerprint density at radius 2 is 1.74 bits per heavy atom. The zero-order valence-corrected chi connectivity index (χ0v) is 13.3. The predicted molar refractivity (Wildman–Crippen MR) is 55.9 cm³/mol. The molecule has 0 spiro atoms. The molecule has 0 aromatic heterocycles. The zero-order valence-electron chi connectivity index (χ0n) is 10.2. The molecule has 0 amide bonds. The van der Waals surface area contributed by atoms with Crippen LogP contribution in [-0.4, -0.2) is 19.8 Å². The molecule has 0 aliphatic heterocycles. The third-order valence-electron chi connectivity index (χ3n) is 2.11. The van der Waals surface area contributed by atoms with Crippen molar-refractivity contribution in [3.05, 3.63) is 24.3 Å².